The lowest BCUT2D eigenvalue weighted by atomic mass is 9.97. The van der Waals surface area contributed by atoms with Crippen LogP contribution in [0.4, 0.5) is 4.39 Å². The number of halogens is 1. The summed E-state index contributed by atoms with van der Waals surface area (Å²) in [7, 11) is 0. The van der Waals surface area contributed by atoms with Gasteiger partial charge in [0.05, 0.1) is 13.2 Å². The zero-order valence-corrected chi connectivity index (χ0v) is 18.4. The first kappa shape index (κ1) is 21.0. The van der Waals surface area contributed by atoms with Crippen LogP contribution in [-0.2, 0) is 17.8 Å². The Hall–Kier alpha value is -2.89. The summed E-state index contributed by atoms with van der Waals surface area (Å²) in [6.45, 7) is 6.16. The highest BCUT2D eigenvalue weighted by Crippen LogP contribution is 2.40. The molecule has 0 N–H and O–H groups in total. The zero-order valence-electron chi connectivity index (χ0n) is 18.4. The molecule has 5 heteroatoms. The van der Waals surface area contributed by atoms with Crippen molar-refractivity contribution >= 4 is 0 Å². The van der Waals surface area contributed by atoms with Gasteiger partial charge in [0.15, 0.2) is 11.5 Å². The molecule has 4 nitrogen and oxygen atoms in total. The van der Waals surface area contributed by atoms with E-state index in [-0.39, 0.29) is 11.9 Å². The van der Waals surface area contributed by atoms with Crippen molar-refractivity contribution in [3.05, 3.63) is 83.2 Å². The van der Waals surface area contributed by atoms with E-state index in [1.54, 1.807) is 12.1 Å². The second kappa shape index (κ2) is 9.31. The predicted molar refractivity (Wildman–Crippen MR) is 122 cm³/mol. The molecular weight excluding hydrogens is 405 g/mol. The molecule has 0 bridgehead atoms. The van der Waals surface area contributed by atoms with Crippen LogP contribution in [-0.4, -0.2) is 37.4 Å². The lowest BCUT2D eigenvalue weighted by Crippen LogP contribution is -2.25. The minimum absolute atomic E-state index is 0.0430. The summed E-state index contributed by atoms with van der Waals surface area (Å²) >= 11 is 0. The lowest BCUT2D eigenvalue weighted by Gasteiger charge is -2.21. The van der Waals surface area contributed by atoms with Gasteiger partial charge in [-0.2, -0.15) is 0 Å². The van der Waals surface area contributed by atoms with Gasteiger partial charge in [0.25, 0.3) is 0 Å². The number of aryl methyl sites for hydroxylation is 1. The van der Waals surface area contributed by atoms with E-state index >= 15 is 0 Å². The average Bonchev–Trinajstić information content (AvgIpc) is 3.20. The van der Waals surface area contributed by atoms with Crippen LogP contribution >= 0.6 is 0 Å². The maximum Gasteiger partial charge on any atom is 0.165 e. The second-order valence-electron chi connectivity index (χ2n) is 8.57. The quantitative estimate of drug-likeness (QED) is 0.542. The van der Waals surface area contributed by atoms with Crippen molar-refractivity contribution in [2.24, 2.45) is 0 Å². The van der Waals surface area contributed by atoms with Gasteiger partial charge in [-0.3, -0.25) is 4.90 Å². The molecule has 32 heavy (non-hydrogen) atoms. The third-order valence-electron chi connectivity index (χ3n) is 6.11. The molecule has 1 atom stereocenters. The average molecular weight is 434 g/mol. The van der Waals surface area contributed by atoms with E-state index in [4.69, 9.17) is 14.2 Å². The second-order valence-corrected chi connectivity index (χ2v) is 8.57. The molecule has 0 aliphatic carbocycles. The van der Waals surface area contributed by atoms with Gasteiger partial charge in [0.1, 0.15) is 18.5 Å². The normalized spacial score (nSPS) is 18.6. The van der Waals surface area contributed by atoms with E-state index < -0.39 is 0 Å². The van der Waals surface area contributed by atoms with Crippen molar-refractivity contribution in [3.63, 3.8) is 0 Å². The number of rotatable bonds is 5. The number of benzene rings is 3. The van der Waals surface area contributed by atoms with E-state index in [2.05, 4.69) is 48.2 Å². The van der Waals surface area contributed by atoms with Gasteiger partial charge in [0, 0.05) is 31.6 Å². The highest BCUT2D eigenvalue weighted by Gasteiger charge is 2.25. The lowest BCUT2D eigenvalue weighted by molar-refractivity contribution is 0.137. The third-order valence-corrected chi connectivity index (χ3v) is 6.11. The predicted octanol–water partition coefficient (Wildman–Crippen LogP) is 5.36. The molecule has 1 fully saturated rings. The number of ether oxygens (including phenoxy) is 3. The van der Waals surface area contributed by atoms with E-state index in [0.717, 1.165) is 47.8 Å². The Kier molecular flexibility index (Phi) is 6.10. The molecule has 166 valence electrons. The molecule has 3 aromatic carbocycles. The van der Waals surface area contributed by atoms with Crippen molar-refractivity contribution in [3.8, 4) is 22.6 Å². The molecule has 0 saturated carbocycles. The Morgan fingerprint density at radius 3 is 2.78 bits per heavy atom. The molecule has 1 saturated heterocycles. The van der Waals surface area contributed by atoms with Crippen molar-refractivity contribution in [2.75, 3.05) is 26.4 Å². The highest BCUT2D eigenvalue weighted by atomic mass is 19.1. The van der Waals surface area contributed by atoms with Crippen LogP contribution in [0.1, 0.15) is 23.1 Å². The largest absolute Gasteiger partial charge is 0.488 e. The van der Waals surface area contributed by atoms with Crippen LogP contribution in [0.2, 0.25) is 0 Å². The van der Waals surface area contributed by atoms with Gasteiger partial charge < -0.3 is 14.2 Å². The monoisotopic (exact) mass is 433 g/mol. The minimum Gasteiger partial charge on any atom is -0.488 e. The van der Waals surface area contributed by atoms with Crippen molar-refractivity contribution in [1.82, 2.24) is 4.90 Å². The van der Waals surface area contributed by atoms with Crippen molar-refractivity contribution < 1.29 is 18.6 Å². The molecule has 0 unspecified atom stereocenters. The Balaban J connectivity index is 1.50. The maximum absolute atomic E-state index is 13.7. The maximum atomic E-state index is 13.7. The number of fused-ring (bicyclic) bond motifs is 1. The fourth-order valence-corrected chi connectivity index (χ4v) is 4.49. The molecule has 5 rings (SSSR count). The summed E-state index contributed by atoms with van der Waals surface area (Å²) in [5.74, 6) is 1.39. The molecule has 2 heterocycles. The minimum atomic E-state index is -0.203. The topological polar surface area (TPSA) is 30.9 Å². The summed E-state index contributed by atoms with van der Waals surface area (Å²) in [4.78, 5) is 2.30. The Morgan fingerprint density at radius 1 is 1.06 bits per heavy atom. The summed E-state index contributed by atoms with van der Waals surface area (Å²) in [6, 6.07) is 19.5. The fraction of sp³-hybridized carbons (Fsp3) is 0.333. The summed E-state index contributed by atoms with van der Waals surface area (Å²) in [5, 5.41) is 0. The molecule has 0 radical (unpaired) electrons. The van der Waals surface area contributed by atoms with E-state index in [0.29, 0.717) is 26.3 Å². The number of nitrogens with zero attached hydrogens (tertiary/aromatic N) is 1. The van der Waals surface area contributed by atoms with E-state index in [9.17, 15) is 4.39 Å². The summed E-state index contributed by atoms with van der Waals surface area (Å²) in [5.41, 5.74) is 5.57. The van der Waals surface area contributed by atoms with Crippen LogP contribution < -0.4 is 9.47 Å². The van der Waals surface area contributed by atoms with Gasteiger partial charge in [-0.25, -0.2) is 4.39 Å². The molecule has 0 aromatic heterocycles. The molecule has 0 amide bonds. The van der Waals surface area contributed by atoms with Crippen LogP contribution in [0.5, 0.6) is 11.5 Å². The number of hydrogen-bond donors (Lipinski definition) is 0. The van der Waals surface area contributed by atoms with Crippen molar-refractivity contribution in [2.45, 2.75) is 32.5 Å². The van der Waals surface area contributed by atoms with Crippen LogP contribution in [0.15, 0.2) is 60.7 Å². The summed E-state index contributed by atoms with van der Waals surface area (Å²) in [6.07, 6.45) is 0.927. The standard InChI is InChI=1S/C27H28FNO3/c1-19-5-2-3-8-25(19)21-14-22-17-29(16-20-6-4-7-23(28)13-20)10-12-31-27(22)26(15-21)32-24-9-11-30-18-24/h2-8,13-15,24H,9-12,16-18H2,1H3/t24-/m1/s1. The molecule has 0 spiro atoms. The molecule has 3 aromatic rings. The van der Waals surface area contributed by atoms with E-state index in [1.807, 2.05) is 6.07 Å². The number of hydrogen-bond acceptors (Lipinski definition) is 4. The van der Waals surface area contributed by atoms with Gasteiger partial charge in [-0.05, 0) is 53.4 Å². The molecule has 2 aliphatic rings. The first-order valence-electron chi connectivity index (χ1n) is 11.2. The van der Waals surface area contributed by atoms with Gasteiger partial charge in [-0.15, -0.1) is 0 Å². The van der Waals surface area contributed by atoms with Crippen LogP contribution in [0.25, 0.3) is 11.1 Å². The van der Waals surface area contributed by atoms with Gasteiger partial charge >= 0.3 is 0 Å². The summed E-state index contributed by atoms with van der Waals surface area (Å²) < 4.78 is 31.8. The Morgan fingerprint density at radius 2 is 1.97 bits per heavy atom. The molecule has 2 aliphatic heterocycles. The smallest absolute Gasteiger partial charge is 0.165 e. The van der Waals surface area contributed by atoms with Crippen LogP contribution in [0, 0.1) is 12.7 Å². The zero-order chi connectivity index (χ0) is 21.9. The van der Waals surface area contributed by atoms with Crippen LogP contribution in [0.3, 0.4) is 0 Å². The fourth-order valence-electron chi connectivity index (χ4n) is 4.49. The first-order valence-corrected chi connectivity index (χ1v) is 11.2. The van der Waals surface area contributed by atoms with E-state index in [1.165, 1.54) is 17.2 Å². The highest BCUT2D eigenvalue weighted by molar-refractivity contribution is 5.72. The Labute approximate surface area is 188 Å². The van der Waals surface area contributed by atoms with Gasteiger partial charge in [0.2, 0.25) is 0 Å². The third kappa shape index (κ3) is 4.64. The van der Waals surface area contributed by atoms with Gasteiger partial charge in [-0.1, -0.05) is 36.4 Å². The first-order chi connectivity index (χ1) is 15.7. The Bertz CT molecular complexity index is 1090. The van der Waals surface area contributed by atoms with Crippen molar-refractivity contribution in [1.29, 1.82) is 0 Å². The SMILES string of the molecule is Cc1ccccc1-c1cc2c(c(O[C@@H]3CCOC3)c1)OCCN(Cc1cccc(F)c1)C2. The molecular formula is C27H28FNO3.